The van der Waals surface area contributed by atoms with Gasteiger partial charge in [-0.05, 0) is 42.5 Å². The Kier molecular flexibility index (Phi) is 5.95. The molecule has 1 amide bonds. The van der Waals surface area contributed by atoms with Crippen LogP contribution in [0.4, 0.5) is 5.69 Å². The predicted octanol–water partition coefficient (Wildman–Crippen LogP) is 3.99. The number of hydrogen-bond donors (Lipinski definition) is 1. The van der Waals surface area contributed by atoms with Crippen molar-refractivity contribution in [3.63, 3.8) is 0 Å². The van der Waals surface area contributed by atoms with Gasteiger partial charge in [-0.3, -0.25) is 9.59 Å². The van der Waals surface area contributed by atoms with Crippen molar-refractivity contribution in [3.05, 3.63) is 63.6 Å². The van der Waals surface area contributed by atoms with E-state index in [9.17, 15) is 14.4 Å². The standard InChI is InChI=1S/C17H13Cl2NO4/c1-10(21)20-13-5-2-11(3-6-13)17(23)24-9-16(22)14-7-4-12(18)8-15(14)19/h2-8H,9H2,1H3,(H,20,21). The largest absolute Gasteiger partial charge is 0.454 e. The second kappa shape index (κ2) is 7.95. The van der Waals surface area contributed by atoms with Crippen LogP contribution in [0.1, 0.15) is 27.6 Å². The molecule has 0 atom stereocenters. The summed E-state index contributed by atoms with van der Waals surface area (Å²) in [6, 6.07) is 10.6. The molecule has 0 radical (unpaired) electrons. The SMILES string of the molecule is CC(=O)Nc1ccc(C(=O)OCC(=O)c2ccc(Cl)cc2Cl)cc1. The van der Waals surface area contributed by atoms with E-state index in [0.29, 0.717) is 10.7 Å². The molecule has 5 nitrogen and oxygen atoms in total. The molecule has 0 saturated heterocycles. The second-order valence-corrected chi connectivity index (χ2v) is 5.73. The third kappa shape index (κ3) is 4.81. The summed E-state index contributed by atoms with van der Waals surface area (Å²) in [5.74, 6) is -1.29. The van der Waals surface area contributed by atoms with Gasteiger partial charge in [-0.25, -0.2) is 4.79 Å². The number of amides is 1. The van der Waals surface area contributed by atoms with Gasteiger partial charge in [0.1, 0.15) is 0 Å². The van der Waals surface area contributed by atoms with E-state index in [1.54, 1.807) is 12.1 Å². The van der Waals surface area contributed by atoms with Crippen molar-refractivity contribution in [3.8, 4) is 0 Å². The second-order valence-electron chi connectivity index (χ2n) is 4.88. The van der Waals surface area contributed by atoms with Crippen molar-refractivity contribution >= 4 is 46.5 Å². The van der Waals surface area contributed by atoms with Crippen molar-refractivity contribution in [2.75, 3.05) is 11.9 Å². The molecule has 0 bridgehead atoms. The molecule has 0 aromatic heterocycles. The van der Waals surface area contributed by atoms with E-state index in [4.69, 9.17) is 27.9 Å². The van der Waals surface area contributed by atoms with Crippen LogP contribution in [0.15, 0.2) is 42.5 Å². The molecule has 2 aromatic rings. The number of carbonyl (C=O) groups excluding carboxylic acids is 3. The van der Waals surface area contributed by atoms with Crippen molar-refractivity contribution in [1.29, 1.82) is 0 Å². The van der Waals surface area contributed by atoms with E-state index < -0.39 is 18.4 Å². The van der Waals surface area contributed by atoms with Gasteiger partial charge in [-0.15, -0.1) is 0 Å². The molecule has 0 heterocycles. The van der Waals surface area contributed by atoms with Crippen LogP contribution in [0.2, 0.25) is 10.0 Å². The highest BCUT2D eigenvalue weighted by molar-refractivity contribution is 6.36. The van der Waals surface area contributed by atoms with Crippen molar-refractivity contribution in [2.24, 2.45) is 0 Å². The number of Topliss-reactive ketones (excluding diaryl/α,β-unsaturated/α-hetero) is 1. The molecule has 0 aliphatic heterocycles. The normalized spacial score (nSPS) is 10.1. The van der Waals surface area contributed by atoms with Gasteiger partial charge in [0.15, 0.2) is 6.61 Å². The van der Waals surface area contributed by atoms with Gasteiger partial charge in [-0.2, -0.15) is 0 Å². The maximum Gasteiger partial charge on any atom is 0.338 e. The molecule has 124 valence electrons. The molecule has 2 aromatic carbocycles. The summed E-state index contributed by atoms with van der Waals surface area (Å²) in [4.78, 5) is 34.9. The molecule has 7 heteroatoms. The van der Waals surface area contributed by atoms with Crippen LogP contribution < -0.4 is 5.32 Å². The Balaban J connectivity index is 1.97. The molecule has 0 saturated carbocycles. The van der Waals surface area contributed by atoms with Crippen LogP contribution in [-0.4, -0.2) is 24.3 Å². The van der Waals surface area contributed by atoms with Crippen LogP contribution in [0.5, 0.6) is 0 Å². The van der Waals surface area contributed by atoms with Crippen molar-refractivity contribution < 1.29 is 19.1 Å². The number of anilines is 1. The van der Waals surface area contributed by atoms with Crippen LogP contribution in [-0.2, 0) is 9.53 Å². The minimum atomic E-state index is -0.650. The molecule has 2 rings (SSSR count). The lowest BCUT2D eigenvalue weighted by molar-refractivity contribution is -0.114. The van der Waals surface area contributed by atoms with Crippen LogP contribution >= 0.6 is 23.2 Å². The van der Waals surface area contributed by atoms with Gasteiger partial charge in [0, 0.05) is 23.2 Å². The molecule has 0 unspecified atom stereocenters. The number of ether oxygens (including phenoxy) is 1. The fraction of sp³-hybridized carbons (Fsp3) is 0.118. The topological polar surface area (TPSA) is 72.5 Å². The van der Waals surface area contributed by atoms with Gasteiger partial charge < -0.3 is 10.1 Å². The first-order chi connectivity index (χ1) is 11.4. The van der Waals surface area contributed by atoms with Gasteiger partial charge in [-0.1, -0.05) is 23.2 Å². The van der Waals surface area contributed by atoms with Crippen molar-refractivity contribution in [2.45, 2.75) is 6.92 Å². The Hall–Kier alpha value is -2.37. The Labute approximate surface area is 148 Å². The zero-order valence-corrected chi connectivity index (χ0v) is 14.1. The van der Waals surface area contributed by atoms with E-state index in [0.717, 1.165) is 0 Å². The van der Waals surface area contributed by atoms with E-state index in [2.05, 4.69) is 5.32 Å². The fourth-order valence-corrected chi connectivity index (χ4v) is 2.41. The lowest BCUT2D eigenvalue weighted by Crippen LogP contribution is -2.14. The first kappa shape index (κ1) is 18.0. The molecular formula is C17H13Cl2NO4. The minimum Gasteiger partial charge on any atom is -0.454 e. The lowest BCUT2D eigenvalue weighted by Gasteiger charge is -2.07. The van der Waals surface area contributed by atoms with E-state index >= 15 is 0 Å². The van der Waals surface area contributed by atoms with E-state index in [1.807, 2.05) is 0 Å². The van der Waals surface area contributed by atoms with Crippen molar-refractivity contribution in [1.82, 2.24) is 0 Å². The number of nitrogens with one attached hydrogen (secondary N) is 1. The van der Waals surface area contributed by atoms with Crippen LogP contribution in [0.25, 0.3) is 0 Å². The Morgan fingerprint density at radius 3 is 2.29 bits per heavy atom. The number of halogens is 2. The van der Waals surface area contributed by atoms with Gasteiger partial charge >= 0.3 is 5.97 Å². The van der Waals surface area contributed by atoms with E-state index in [1.165, 1.54) is 37.3 Å². The highest BCUT2D eigenvalue weighted by Gasteiger charge is 2.14. The molecule has 1 N–H and O–H groups in total. The van der Waals surface area contributed by atoms with Gasteiger partial charge in [0.2, 0.25) is 11.7 Å². The number of benzene rings is 2. The summed E-state index contributed by atoms with van der Waals surface area (Å²) in [5.41, 5.74) is 1.05. The Morgan fingerprint density at radius 2 is 1.71 bits per heavy atom. The molecule has 0 aliphatic carbocycles. The molecule has 0 aliphatic rings. The minimum absolute atomic E-state index is 0.197. The summed E-state index contributed by atoms with van der Waals surface area (Å²) in [7, 11) is 0. The highest BCUT2D eigenvalue weighted by atomic mass is 35.5. The number of hydrogen-bond acceptors (Lipinski definition) is 4. The molecule has 24 heavy (non-hydrogen) atoms. The first-order valence-electron chi connectivity index (χ1n) is 6.90. The van der Waals surface area contributed by atoms with Crippen LogP contribution in [0.3, 0.4) is 0 Å². The maximum absolute atomic E-state index is 12.0. The average molecular weight is 366 g/mol. The zero-order valence-electron chi connectivity index (χ0n) is 12.6. The summed E-state index contributed by atoms with van der Waals surface area (Å²) >= 11 is 11.7. The zero-order chi connectivity index (χ0) is 17.7. The molecule has 0 fully saturated rings. The van der Waals surface area contributed by atoms with Gasteiger partial charge in [0.25, 0.3) is 0 Å². The summed E-state index contributed by atoms with van der Waals surface area (Å²) in [6.45, 7) is 0.948. The summed E-state index contributed by atoms with van der Waals surface area (Å²) in [5, 5.41) is 3.19. The monoisotopic (exact) mass is 365 g/mol. The quantitative estimate of drug-likeness (QED) is 0.642. The number of carbonyl (C=O) groups is 3. The maximum atomic E-state index is 12.0. The smallest absolute Gasteiger partial charge is 0.338 e. The fourth-order valence-electron chi connectivity index (χ4n) is 1.90. The third-order valence-electron chi connectivity index (χ3n) is 3.01. The summed E-state index contributed by atoms with van der Waals surface area (Å²) in [6.07, 6.45) is 0. The van der Waals surface area contributed by atoms with Crippen LogP contribution in [0, 0.1) is 0 Å². The average Bonchev–Trinajstić information content (AvgIpc) is 2.52. The van der Waals surface area contributed by atoms with Gasteiger partial charge in [0.05, 0.1) is 10.6 Å². The summed E-state index contributed by atoms with van der Waals surface area (Å²) < 4.78 is 4.98. The highest BCUT2D eigenvalue weighted by Crippen LogP contribution is 2.21. The van der Waals surface area contributed by atoms with E-state index in [-0.39, 0.29) is 22.1 Å². The Bertz CT molecular complexity index is 788. The third-order valence-corrected chi connectivity index (χ3v) is 3.55. The number of ketones is 1. The molecular weight excluding hydrogens is 353 g/mol. The lowest BCUT2D eigenvalue weighted by atomic mass is 10.1. The molecule has 0 spiro atoms. The first-order valence-corrected chi connectivity index (χ1v) is 7.65. The predicted molar refractivity (Wildman–Crippen MR) is 91.8 cm³/mol. The number of rotatable bonds is 5. The Morgan fingerprint density at radius 1 is 1.04 bits per heavy atom. The number of esters is 1.